The number of fused-ring (bicyclic) bond motifs is 3. The van der Waals surface area contributed by atoms with E-state index < -0.39 is 5.97 Å². The van der Waals surface area contributed by atoms with E-state index in [4.69, 9.17) is 4.74 Å². The summed E-state index contributed by atoms with van der Waals surface area (Å²) in [7, 11) is 0. The van der Waals surface area contributed by atoms with E-state index in [9.17, 15) is 9.59 Å². The van der Waals surface area contributed by atoms with E-state index in [1.807, 2.05) is 0 Å². The maximum Gasteiger partial charge on any atom is 0.325 e. The molecule has 2 aromatic heterocycles. The molecule has 27 heavy (non-hydrogen) atoms. The molecule has 1 aliphatic heterocycles. The Balaban J connectivity index is 1.41. The van der Waals surface area contributed by atoms with Crippen LogP contribution in [0, 0.1) is 5.92 Å². The van der Waals surface area contributed by atoms with Gasteiger partial charge in [-0.25, -0.2) is 9.97 Å². The normalized spacial score (nSPS) is 17.1. The van der Waals surface area contributed by atoms with Crippen LogP contribution in [0.3, 0.4) is 0 Å². The van der Waals surface area contributed by atoms with Gasteiger partial charge in [-0.05, 0) is 44.6 Å². The van der Waals surface area contributed by atoms with Crippen molar-refractivity contribution in [3.63, 3.8) is 0 Å². The summed E-state index contributed by atoms with van der Waals surface area (Å²) in [5.41, 5.74) is 1.43. The standard InChI is InChI=1S/C19H24N4O3S/c1-2-26-15(24)10-20-18(25)12-6-8-23(9-7-12)17-16-13-4-3-5-14(13)27-19(16)22-11-21-17/h11-12H,2-10H2,1H3,(H,20,25). The number of rotatable bonds is 5. The molecule has 4 rings (SSSR count). The highest BCUT2D eigenvalue weighted by molar-refractivity contribution is 7.19. The van der Waals surface area contributed by atoms with Gasteiger partial charge >= 0.3 is 5.97 Å². The SMILES string of the molecule is CCOC(=O)CNC(=O)C1CCN(c2ncnc3sc4c(c23)CCC4)CC1. The van der Waals surface area contributed by atoms with Crippen LogP contribution in [-0.4, -0.2) is 48.1 Å². The predicted octanol–water partition coefficient (Wildman–Crippen LogP) is 2.08. The predicted molar refractivity (Wildman–Crippen MR) is 104 cm³/mol. The topological polar surface area (TPSA) is 84.4 Å². The van der Waals surface area contributed by atoms with Gasteiger partial charge in [-0.1, -0.05) is 0 Å². The summed E-state index contributed by atoms with van der Waals surface area (Å²) in [6.07, 6.45) is 6.65. The van der Waals surface area contributed by atoms with Crippen LogP contribution in [0.2, 0.25) is 0 Å². The summed E-state index contributed by atoms with van der Waals surface area (Å²) in [6, 6.07) is 0. The molecule has 1 N–H and O–H groups in total. The fraction of sp³-hybridized carbons (Fsp3) is 0.579. The molecule has 2 aromatic rings. The third-order valence-electron chi connectivity index (χ3n) is 5.36. The zero-order chi connectivity index (χ0) is 18.8. The fourth-order valence-electron chi connectivity index (χ4n) is 4.02. The van der Waals surface area contributed by atoms with Gasteiger partial charge in [0.05, 0.1) is 12.0 Å². The first-order valence-corrected chi connectivity index (χ1v) is 10.4. The number of piperidine rings is 1. The van der Waals surface area contributed by atoms with Gasteiger partial charge in [0.15, 0.2) is 0 Å². The number of aromatic nitrogens is 2. The molecule has 0 spiro atoms. The van der Waals surface area contributed by atoms with Crippen molar-refractivity contribution in [2.24, 2.45) is 5.92 Å². The van der Waals surface area contributed by atoms with Crippen LogP contribution in [-0.2, 0) is 27.2 Å². The van der Waals surface area contributed by atoms with Crippen molar-refractivity contribution in [2.45, 2.75) is 39.0 Å². The van der Waals surface area contributed by atoms with E-state index in [1.165, 1.54) is 22.2 Å². The number of amides is 1. The van der Waals surface area contributed by atoms with Gasteiger partial charge < -0.3 is 15.0 Å². The number of nitrogens with zero attached hydrogens (tertiary/aromatic N) is 3. The first-order valence-electron chi connectivity index (χ1n) is 9.61. The number of anilines is 1. The lowest BCUT2D eigenvalue weighted by atomic mass is 9.95. The van der Waals surface area contributed by atoms with Crippen LogP contribution in [0.4, 0.5) is 5.82 Å². The van der Waals surface area contributed by atoms with Crippen LogP contribution in [0.5, 0.6) is 0 Å². The first-order chi connectivity index (χ1) is 13.2. The molecule has 8 heteroatoms. The third kappa shape index (κ3) is 3.63. The number of hydrogen-bond donors (Lipinski definition) is 1. The second kappa shape index (κ2) is 7.80. The molecular formula is C19H24N4O3S. The zero-order valence-corrected chi connectivity index (χ0v) is 16.3. The fourth-order valence-corrected chi connectivity index (χ4v) is 5.24. The van der Waals surface area contributed by atoms with Gasteiger partial charge in [0.2, 0.25) is 5.91 Å². The van der Waals surface area contributed by atoms with E-state index in [-0.39, 0.29) is 18.4 Å². The Morgan fingerprint density at radius 1 is 1.30 bits per heavy atom. The maximum atomic E-state index is 12.3. The summed E-state index contributed by atoms with van der Waals surface area (Å²) < 4.78 is 4.85. The number of ether oxygens (including phenoxy) is 1. The summed E-state index contributed by atoms with van der Waals surface area (Å²) in [6.45, 7) is 3.60. The number of hydrogen-bond acceptors (Lipinski definition) is 7. The van der Waals surface area contributed by atoms with E-state index in [1.54, 1.807) is 24.6 Å². The average Bonchev–Trinajstić information content (AvgIpc) is 3.27. The molecule has 1 saturated heterocycles. The lowest BCUT2D eigenvalue weighted by molar-refractivity contribution is -0.143. The molecule has 3 heterocycles. The molecule has 0 bridgehead atoms. The number of nitrogens with one attached hydrogen (secondary N) is 1. The number of aryl methyl sites for hydroxylation is 2. The first kappa shape index (κ1) is 18.2. The molecule has 0 radical (unpaired) electrons. The Kier molecular flexibility index (Phi) is 5.24. The van der Waals surface area contributed by atoms with Crippen LogP contribution in [0.15, 0.2) is 6.33 Å². The number of thiophene rings is 1. The van der Waals surface area contributed by atoms with Gasteiger partial charge in [-0.15, -0.1) is 11.3 Å². The highest BCUT2D eigenvalue weighted by Crippen LogP contribution is 2.40. The van der Waals surface area contributed by atoms with Gasteiger partial charge in [0.25, 0.3) is 0 Å². The molecule has 2 aliphatic rings. The molecule has 1 amide bonds. The largest absolute Gasteiger partial charge is 0.465 e. The Morgan fingerprint density at radius 2 is 2.11 bits per heavy atom. The minimum absolute atomic E-state index is 0.0551. The van der Waals surface area contributed by atoms with Gasteiger partial charge in [-0.2, -0.15) is 0 Å². The summed E-state index contributed by atoms with van der Waals surface area (Å²) >= 11 is 1.80. The lowest BCUT2D eigenvalue weighted by Gasteiger charge is -2.32. The molecule has 0 aromatic carbocycles. The molecule has 1 fully saturated rings. The van der Waals surface area contributed by atoms with E-state index in [2.05, 4.69) is 20.2 Å². The van der Waals surface area contributed by atoms with E-state index in [0.29, 0.717) is 6.61 Å². The number of carbonyl (C=O) groups is 2. The Bertz CT molecular complexity index is 858. The number of esters is 1. The summed E-state index contributed by atoms with van der Waals surface area (Å²) in [5, 5.41) is 3.92. The van der Waals surface area contributed by atoms with Gasteiger partial charge in [0.1, 0.15) is 23.5 Å². The van der Waals surface area contributed by atoms with Crippen molar-refractivity contribution in [1.29, 1.82) is 0 Å². The third-order valence-corrected chi connectivity index (χ3v) is 6.56. The molecule has 0 saturated carbocycles. The molecule has 0 atom stereocenters. The Hall–Kier alpha value is -2.22. The van der Waals surface area contributed by atoms with Crippen molar-refractivity contribution < 1.29 is 14.3 Å². The minimum Gasteiger partial charge on any atom is -0.465 e. The quantitative estimate of drug-likeness (QED) is 0.790. The molecule has 1 aliphatic carbocycles. The van der Waals surface area contributed by atoms with Crippen LogP contribution in [0.25, 0.3) is 10.2 Å². The van der Waals surface area contributed by atoms with Crippen molar-refractivity contribution in [2.75, 3.05) is 31.1 Å². The van der Waals surface area contributed by atoms with Crippen LogP contribution < -0.4 is 10.2 Å². The number of carbonyl (C=O) groups excluding carboxylic acids is 2. The van der Waals surface area contributed by atoms with Crippen LogP contribution >= 0.6 is 11.3 Å². The monoisotopic (exact) mass is 388 g/mol. The highest BCUT2D eigenvalue weighted by atomic mass is 32.1. The van der Waals surface area contributed by atoms with Crippen molar-refractivity contribution in [3.05, 3.63) is 16.8 Å². The van der Waals surface area contributed by atoms with E-state index in [0.717, 1.165) is 49.4 Å². The van der Waals surface area contributed by atoms with Gasteiger partial charge in [0, 0.05) is 23.9 Å². The molecular weight excluding hydrogens is 364 g/mol. The Labute approximate surface area is 162 Å². The van der Waals surface area contributed by atoms with Crippen molar-refractivity contribution in [3.8, 4) is 0 Å². The minimum atomic E-state index is -0.391. The van der Waals surface area contributed by atoms with E-state index >= 15 is 0 Å². The van der Waals surface area contributed by atoms with Crippen molar-refractivity contribution in [1.82, 2.24) is 15.3 Å². The molecule has 0 unspecified atom stereocenters. The smallest absolute Gasteiger partial charge is 0.325 e. The second-order valence-corrected chi connectivity index (χ2v) is 8.10. The zero-order valence-electron chi connectivity index (χ0n) is 15.5. The second-order valence-electron chi connectivity index (χ2n) is 7.02. The van der Waals surface area contributed by atoms with Gasteiger partial charge in [-0.3, -0.25) is 9.59 Å². The average molecular weight is 388 g/mol. The maximum absolute atomic E-state index is 12.3. The lowest BCUT2D eigenvalue weighted by Crippen LogP contribution is -2.42. The molecule has 144 valence electrons. The Morgan fingerprint density at radius 3 is 2.89 bits per heavy atom. The summed E-state index contributed by atoms with van der Waals surface area (Å²) in [5.74, 6) is 0.496. The summed E-state index contributed by atoms with van der Waals surface area (Å²) in [4.78, 5) is 37.6. The van der Waals surface area contributed by atoms with Crippen molar-refractivity contribution >= 4 is 39.2 Å². The van der Waals surface area contributed by atoms with Crippen LogP contribution in [0.1, 0.15) is 36.6 Å². The highest BCUT2D eigenvalue weighted by Gasteiger charge is 2.29. The molecule has 7 nitrogen and oxygen atoms in total.